The average molecular weight is 420 g/mol. The molecule has 0 bridgehead atoms. The number of hydrogen-bond donors (Lipinski definition) is 1. The van der Waals surface area contributed by atoms with Gasteiger partial charge in [0.2, 0.25) is 0 Å². The molecule has 3 aromatic rings. The fourth-order valence-corrected chi connectivity index (χ4v) is 3.14. The molecule has 0 aliphatic heterocycles. The lowest BCUT2D eigenvalue weighted by Crippen LogP contribution is -2.30. The monoisotopic (exact) mass is 420 g/mol. The molecule has 0 saturated carbocycles. The van der Waals surface area contributed by atoms with Crippen LogP contribution in [0.15, 0.2) is 73.3 Å². The van der Waals surface area contributed by atoms with Gasteiger partial charge in [0.1, 0.15) is 12.4 Å². The van der Waals surface area contributed by atoms with Gasteiger partial charge < -0.3 is 19.3 Å². The molecular weight excluding hydrogens is 396 g/mol. The van der Waals surface area contributed by atoms with Gasteiger partial charge in [-0.3, -0.25) is 0 Å². The number of aromatic carboxylic acids is 1. The maximum absolute atomic E-state index is 12.0. The van der Waals surface area contributed by atoms with Gasteiger partial charge in [-0.05, 0) is 35.9 Å². The lowest BCUT2D eigenvalue weighted by Gasteiger charge is -2.20. The highest BCUT2D eigenvalue weighted by Crippen LogP contribution is 2.35. The first-order chi connectivity index (χ1) is 14.9. The third-order valence-electron chi connectivity index (χ3n) is 4.64. The zero-order valence-corrected chi connectivity index (χ0v) is 17.3. The number of carbonyl (C=O) groups is 2. The van der Waals surface area contributed by atoms with Gasteiger partial charge in [0.25, 0.3) is 0 Å². The minimum Gasteiger partial charge on any atom is -0.488 e. The van der Waals surface area contributed by atoms with Crippen LogP contribution in [0.5, 0.6) is 5.75 Å². The van der Waals surface area contributed by atoms with Crippen molar-refractivity contribution in [2.75, 3.05) is 19.8 Å². The number of benzene rings is 3. The SMILES string of the molecule is C=CCOCC(COc1c2ccccc2cc2ccc(C(=O)O)cc12)OC(=O)C(=C)C. The van der Waals surface area contributed by atoms with Crippen LogP contribution in [0.2, 0.25) is 0 Å². The smallest absolute Gasteiger partial charge is 0.335 e. The Morgan fingerprint density at radius 3 is 2.52 bits per heavy atom. The van der Waals surface area contributed by atoms with Crippen molar-refractivity contribution in [2.24, 2.45) is 0 Å². The lowest BCUT2D eigenvalue weighted by molar-refractivity contribution is -0.148. The summed E-state index contributed by atoms with van der Waals surface area (Å²) in [5.74, 6) is -1.03. The largest absolute Gasteiger partial charge is 0.488 e. The van der Waals surface area contributed by atoms with Crippen LogP contribution in [0, 0.1) is 0 Å². The molecule has 6 nitrogen and oxygen atoms in total. The van der Waals surface area contributed by atoms with E-state index >= 15 is 0 Å². The minimum atomic E-state index is -1.02. The van der Waals surface area contributed by atoms with E-state index in [0.717, 1.165) is 16.2 Å². The zero-order chi connectivity index (χ0) is 22.4. The second-order valence-corrected chi connectivity index (χ2v) is 7.11. The van der Waals surface area contributed by atoms with E-state index in [-0.39, 0.29) is 24.4 Å². The molecule has 3 aromatic carbocycles. The molecule has 6 heteroatoms. The maximum atomic E-state index is 12.0. The Morgan fingerprint density at radius 2 is 1.81 bits per heavy atom. The third-order valence-corrected chi connectivity index (χ3v) is 4.64. The quantitative estimate of drug-likeness (QED) is 0.167. The highest BCUT2D eigenvalue weighted by molar-refractivity contribution is 6.07. The summed E-state index contributed by atoms with van der Waals surface area (Å²) in [5, 5.41) is 12.7. The molecule has 0 aliphatic rings. The van der Waals surface area contributed by atoms with Gasteiger partial charge in [-0.15, -0.1) is 6.58 Å². The van der Waals surface area contributed by atoms with E-state index in [9.17, 15) is 14.7 Å². The van der Waals surface area contributed by atoms with Crippen molar-refractivity contribution >= 4 is 33.5 Å². The predicted octanol–water partition coefficient (Wildman–Crippen LogP) is 4.76. The number of esters is 1. The Balaban J connectivity index is 1.98. The Hall–Kier alpha value is -3.64. The summed E-state index contributed by atoms with van der Waals surface area (Å²) in [7, 11) is 0. The van der Waals surface area contributed by atoms with Gasteiger partial charge in [0.15, 0.2) is 6.10 Å². The molecule has 0 spiro atoms. The van der Waals surface area contributed by atoms with E-state index in [4.69, 9.17) is 14.2 Å². The summed E-state index contributed by atoms with van der Waals surface area (Å²) in [4.78, 5) is 23.5. The van der Waals surface area contributed by atoms with E-state index < -0.39 is 18.0 Å². The molecule has 0 aromatic heterocycles. The summed E-state index contributed by atoms with van der Waals surface area (Å²) < 4.78 is 17.0. The number of rotatable bonds is 10. The molecule has 0 saturated heterocycles. The van der Waals surface area contributed by atoms with E-state index in [1.54, 1.807) is 31.2 Å². The van der Waals surface area contributed by atoms with E-state index in [0.29, 0.717) is 17.7 Å². The van der Waals surface area contributed by atoms with E-state index in [1.807, 2.05) is 30.3 Å². The Labute approximate surface area is 180 Å². The molecule has 0 fully saturated rings. The van der Waals surface area contributed by atoms with E-state index in [2.05, 4.69) is 13.2 Å². The number of hydrogen-bond acceptors (Lipinski definition) is 5. The first-order valence-electron chi connectivity index (χ1n) is 9.77. The average Bonchev–Trinajstić information content (AvgIpc) is 2.75. The number of carboxylic acid groups (broad SMARTS) is 1. The summed E-state index contributed by atoms with van der Waals surface area (Å²) in [6, 6.07) is 14.5. The molecule has 160 valence electrons. The Bertz CT molecular complexity index is 1150. The lowest BCUT2D eigenvalue weighted by atomic mass is 10.00. The van der Waals surface area contributed by atoms with Crippen molar-refractivity contribution in [3.63, 3.8) is 0 Å². The first-order valence-corrected chi connectivity index (χ1v) is 9.77. The number of carbonyl (C=O) groups excluding carboxylic acids is 1. The van der Waals surface area contributed by atoms with Gasteiger partial charge in [-0.2, -0.15) is 0 Å². The topological polar surface area (TPSA) is 82.1 Å². The fraction of sp³-hybridized carbons (Fsp3) is 0.200. The minimum absolute atomic E-state index is 0.0244. The molecule has 0 heterocycles. The number of fused-ring (bicyclic) bond motifs is 2. The van der Waals surface area contributed by atoms with Gasteiger partial charge >= 0.3 is 11.9 Å². The van der Waals surface area contributed by atoms with Crippen LogP contribution in [0.25, 0.3) is 21.5 Å². The fourth-order valence-electron chi connectivity index (χ4n) is 3.14. The Morgan fingerprint density at radius 1 is 1.06 bits per heavy atom. The maximum Gasteiger partial charge on any atom is 0.335 e. The van der Waals surface area contributed by atoms with Crippen LogP contribution in [0.4, 0.5) is 0 Å². The molecule has 0 radical (unpaired) electrons. The zero-order valence-electron chi connectivity index (χ0n) is 17.3. The normalized spacial score (nSPS) is 11.8. The van der Waals surface area contributed by atoms with Crippen molar-refractivity contribution in [1.82, 2.24) is 0 Å². The van der Waals surface area contributed by atoms with Crippen LogP contribution in [-0.4, -0.2) is 43.0 Å². The number of ether oxygens (including phenoxy) is 3. The van der Waals surface area contributed by atoms with Crippen molar-refractivity contribution in [3.05, 3.63) is 78.9 Å². The van der Waals surface area contributed by atoms with Gasteiger partial charge in [0, 0.05) is 16.3 Å². The summed E-state index contributed by atoms with van der Waals surface area (Å²) in [6.07, 6.45) is 0.922. The molecular formula is C25H24O6. The highest BCUT2D eigenvalue weighted by Gasteiger charge is 2.19. The second-order valence-electron chi connectivity index (χ2n) is 7.11. The third kappa shape index (κ3) is 5.29. The molecule has 0 aliphatic carbocycles. The summed E-state index contributed by atoms with van der Waals surface area (Å²) in [5.41, 5.74) is 0.433. The van der Waals surface area contributed by atoms with Crippen molar-refractivity contribution in [1.29, 1.82) is 0 Å². The van der Waals surface area contributed by atoms with Crippen LogP contribution >= 0.6 is 0 Å². The summed E-state index contributed by atoms with van der Waals surface area (Å²) in [6.45, 7) is 9.22. The molecule has 31 heavy (non-hydrogen) atoms. The molecule has 0 amide bonds. The second kappa shape index (κ2) is 9.91. The summed E-state index contributed by atoms with van der Waals surface area (Å²) >= 11 is 0. The van der Waals surface area contributed by atoms with Crippen LogP contribution < -0.4 is 4.74 Å². The molecule has 1 N–H and O–H groups in total. The molecule has 3 rings (SSSR count). The standard InChI is InChI=1S/C25H24O6/c1-4-11-29-14-20(31-25(28)16(2)3)15-30-23-21-8-6-5-7-17(21)12-18-9-10-19(24(26)27)13-22(18)23/h4-10,12-13,20H,1-2,11,14-15H2,3H3,(H,26,27). The van der Waals surface area contributed by atoms with Gasteiger partial charge in [-0.1, -0.05) is 43.0 Å². The van der Waals surface area contributed by atoms with Gasteiger partial charge in [0.05, 0.1) is 18.8 Å². The first kappa shape index (κ1) is 22.1. The predicted molar refractivity (Wildman–Crippen MR) is 120 cm³/mol. The number of carboxylic acids is 1. The van der Waals surface area contributed by atoms with Gasteiger partial charge in [-0.25, -0.2) is 9.59 Å². The molecule has 1 unspecified atom stereocenters. The van der Waals surface area contributed by atoms with Crippen molar-refractivity contribution in [2.45, 2.75) is 13.0 Å². The van der Waals surface area contributed by atoms with Crippen LogP contribution in [-0.2, 0) is 14.3 Å². The highest BCUT2D eigenvalue weighted by atomic mass is 16.6. The van der Waals surface area contributed by atoms with Crippen molar-refractivity contribution < 1.29 is 28.9 Å². The molecule has 1 atom stereocenters. The van der Waals surface area contributed by atoms with Crippen molar-refractivity contribution in [3.8, 4) is 5.75 Å². The van der Waals surface area contributed by atoms with Crippen LogP contribution in [0.1, 0.15) is 17.3 Å². The van der Waals surface area contributed by atoms with Crippen LogP contribution in [0.3, 0.4) is 0 Å². The van der Waals surface area contributed by atoms with E-state index in [1.165, 1.54) is 0 Å². The Kier molecular flexibility index (Phi) is 7.05.